The van der Waals surface area contributed by atoms with Crippen molar-refractivity contribution in [2.45, 2.75) is 0 Å². The van der Waals surface area contributed by atoms with E-state index in [-0.39, 0.29) is 0 Å². The SMILES string of the molecule is O=Cc1c(C#Cc2ccccc2)ncnc1N1CCOCC1. The van der Waals surface area contributed by atoms with Gasteiger partial charge in [-0.3, -0.25) is 4.79 Å². The van der Waals surface area contributed by atoms with E-state index in [0.29, 0.717) is 43.4 Å². The van der Waals surface area contributed by atoms with E-state index in [0.717, 1.165) is 11.8 Å². The largest absolute Gasteiger partial charge is 0.378 e. The number of nitrogens with zero attached hydrogens (tertiary/aromatic N) is 3. The van der Waals surface area contributed by atoms with Crippen molar-refractivity contribution in [3.05, 3.63) is 53.5 Å². The number of hydrogen-bond acceptors (Lipinski definition) is 5. The Kier molecular flexibility index (Phi) is 4.42. The van der Waals surface area contributed by atoms with Gasteiger partial charge in [0.2, 0.25) is 0 Å². The van der Waals surface area contributed by atoms with Crippen LogP contribution in [-0.4, -0.2) is 42.6 Å². The fourth-order valence-corrected chi connectivity index (χ4v) is 2.27. The highest BCUT2D eigenvalue weighted by Crippen LogP contribution is 2.18. The molecule has 22 heavy (non-hydrogen) atoms. The number of ether oxygens (including phenoxy) is 1. The summed E-state index contributed by atoms with van der Waals surface area (Å²) >= 11 is 0. The van der Waals surface area contributed by atoms with E-state index in [4.69, 9.17) is 4.74 Å². The van der Waals surface area contributed by atoms with E-state index >= 15 is 0 Å². The first kappa shape index (κ1) is 14.2. The summed E-state index contributed by atoms with van der Waals surface area (Å²) in [7, 11) is 0. The molecule has 1 aliphatic rings. The molecule has 0 atom stereocenters. The van der Waals surface area contributed by atoms with Crippen LogP contribution in [0.2, 0.25) is 0 Å². The Balaban J connectivity index is 1.95. The molecule has 0 radical (unpaired) electrons. The van der Waals surface area contributed by atoms with Crippen LogP contribution < -0.4 is 4.90 Å². The molecule has 110 valence electrons. The van der Waals surface area contributed by atoms with E-state index in [9.17, 15) is 4.79 Å². The van der Waals surface area contributed by atoms with Gasteiger partial charge < -0.3 is 9.64 Å². The Morgan fingerprint density at radius 3 is 2.59 bits per heavy atom. The predicted molar refractivity (Wildman–Crippen MR) is 82.9 cm³/mol. The first-order chi connectivity index (χ1) is 10.9. The van der Waals surface area contributed by atoms with Crippen LogP contribution in [0.3, 0.4) is 0 Å². The zero-order chi connectivity index (χ0) is 15.2. The van der Waals surface area contributed by atoms with Crippen molar-refractivity contribution in [3.8, 4) is 11.8 Å². The van der Waals surface area contributed by atoms with Gasteiger partial charge >= 0.3 is 0 Å². The van der Waals surface area contributed by atoms with Crippen molar-refractivity contribution >= 4 is 12.1 Å². The highest BCUT2D eigenvalue weighted by atomic mass is 16.5. The Morgan fingerprint density at radius 2 is 1.86 bits per heavy atom. The standard InChI is InChI=1S/C17H15N3O2/c21-12-15-16(7-6-14-4-2-1-3-5-14)18-13-19-17(15)20-8-10-22-11-9-20/h1-5,12-13H,8-11H2. The molecule has 1 saturated heterocycles. The molecule has 0 unspecified atom stereocenters. The fourth-order valence-electron chi connectivity index (χ4n) is 2.27. The van der Waals surface area contributed by atoms with Crippen LogP contribution in [0, 0.1) is 11.8 Å². The molecule has 0 saturated carbocycles. The summed E-state index contributed by atoms with van der Waals surface area (Å²) in [5.41, 5.74) is 1.77. The normalized spacial score (nSPS) is 14.1. The lowest BCUT2D eigenvalue weighted by Gasteiger charge is -2.28. The molecule has 0 amide bonds. The third-order valence-electron chi connectivity index (χ3n) is 3.39. The van der Waals surface area contributed by atoms with Gasteiger partial charge in [-0.25, -0.2) is 9.97 Å². The maximum atomic E-state index is 11.5. The zero-order valence-corrected chi connectivity index (χ0v) is 12.0. The Hall–Kier alpha value is -2.71. The number of aromatic nitrogens is 2. The third kappa shape index (κ3) is 3.13. The van der Waals surface area contributed by atoms with Gasteiger partial charge in [0.15, 0.2) is 6.29 Å². The molecule has 5 nitrogen and oxygen atoms in total. The van der Waals surface area contributed by atoms with Gasteiger partial charge in [-0.05, 0) is 18.1 Å². The van der Waals surface area contributed by atoms with Crippen molar-refractivity contribution in [2.75, 3.05) is 31.2 Å². The summed E-state index contributed by atoms with van der Waals surface area (Å²) in [5.74, 6) is 6.62. The molecule has 2 aromatic rings. The number of carbonyl (C=O) groups is 1. The molecular weight excluding hydrogens is 278 g/mol. The first-order valence-corrected chi connectivity index (χ1v) is 7.08. The van der Waals surface area contributed by atoms with Crippen LogP contribution in [0.5, 0.6) is 0 Å². The van der Waals surface area contributed by atoms with Crippen LogP contribution in [0.15, 0.2) is 36.7 Å². The van der Waals surface area contributed by atoms with E-state index in [1.807, 2.05) is 35.2 Å². The second-order valence-corrected chi connectivity index (χ2v) is 4.79. The minimum absolute atomic E-state index is 0.438. The molecule has 1 aliphatic heterocycles. The zero-order valence-electron chi connectivity index (χ0n) is 12.0. The van der Waals surface area contributed by atoms with E-state index in [2.05, 4.69) is 21.8 Å². The van der Waals surface area contributed by atoms with Gasteiger partial charge in [-0.2, -0.15) is 0 Å². The summed E-state index contributed by atoms with van der Waals surface area (Å²) < 4.78 is 5.33. The second kappa shape index (κ2) is 6.83. The van der Waals surface area contributed by atoms with Gasteiger partial charge in [0, 0.05) is 18.7 Å². The molecule has 3 rings (SSSR count). The number of rotatable bonds is 2. The number of carbonyl (C=O) groups excluding carboxylic acids is 1. The maximum Gasteiger partial charge on any atom is 0.156 e. The molecule has 0 bridgehead atoms. The van der Waals surface area contributed by atoms with Crippen LogP contribution in [0.1, 0.15) is 21.6 Å². The fraction of sp³-hybridized carbons (Fsp3) is 0.235. The van der Waals surface area contributed by atoms with Crippen LogP contribution in [0.4, 0.5) is 5.82 Å². The Labute approximate surface area is 129 Å². The lowest BCUT2D eigenvalue weighted by atomic mass is 10.2. The summed E-state index contributed by atoms with van der Waals surface area (Å²) in [6.07, 6.45) is 2.23. The van der Waals surface area contributed by atoms with E-state index < -0.39 is 0 Å². The number of anilines is 1. The van der Waals surface area contributed by atoms with Crippen LogP contribution >= 0.6 is 0 Å². The third-order valence-corrected chi connectivity index (χ3v) is 3.39. The molecule has 0 spiro atoms. The Morgan fingerprint density at radius 1 is 1.09 bits per heavy atom. The topological polar surface area (TPSA) is 55.3 Å². The average molecular weight is 293 g/mol. The van der Waals surface area contributed by atoms with Crippen LogP contribution in [-0.2, 0) is 4.74 Å². The highest BCUT2D eigenvalue weighted by molar-refractivity contribution is 5.86. The lowest BCUT2D eigenvalue weighted by molar-refractivity contribution is 0.111. The number of aldehydes is 1. The minimum Gasteiger partial charge on any atom is -0.378 e. The van der Waals surface area contributed by atoms with Gasteiger partial charge in [0.05, 0.1) is 18.8 Å². The van der Waals surface area contributed by atoms with E-state index in [1.54, 1.807) is 0 Å². The van der Waals surface area contributed by atoms with Crippen molar-refractivity contribution in [1.82, 2.24) is 9.97 Å². The van der Waals surface area contributed by atoms with Gasteiger partial charge in [-0.1, -0.05) is 24.1 Å². The molecule has 0 N–H and O–H groups in total. The smallest absolute Gasteiger partial charge is 0.156 e. The number of benzene rings is 1. The van der Waals surface area contributed by atoms with Gasteiger partial charge in [0.1, 0.15) is 17.8 Å². The highest BCUT2D eigenvalue weighted by Gasteiger charge is 2.18. The van der Waals surface area contributed by atoms with Crippen molar-refractivity contribution in [1.29, 1.82) is 0 Å². The summed E-state index contributed by atoms with van der Waals surface area (Å²) in [6.45, 7) is 2.69. The molecule has 0 aliphatic carbocycles. The van der Waals surface area contributed by atoms with E-state index in [1.165, 1.54) is 6.33 Å². The quantitative estimate of drug-likeness (QED) is 0.621. The van der Waals surface area contributed by atoms with Crippen molar-refractivity contribution < 1.29 is 9.53 Å². The lowest BCUT2D eigenvalue weighted by Crippen LogP contribution is -2.37. The second-order valence-electron chi connectivity index (χ2n) is 4.79. The maximum absolute atomic E-state index is 11.5. The summed E-state index contributed by atoms with van der Waals surface area (Å²) in [4.78, 5) is 21.9. The number of hydrogen-bond donors (Lipinski definition) is 0. The van der Waals surface area contributed by atoms with Crippen molar-refractivity contribution in [2.24, 2.45) is 0 Å². The monoisotopic (exact) mass is 293 g/mol. The predicted octanol–water partition coefficient (Wildman–Crippen LogP) is 1.53. The molecule has 5 heteroatoms. The minimum atomic E-state index is 0.438. The van der Waals surface area contributed by atoms with Gasteiger partial charge in [0.25, 0.3) is 0 Å². The molecule has 2 heterocycles. The first-order valence-electron chi connectivity index (χ1n) is 7.08. The Bertz CT molecular complexity index is 714. The van der Waals surface area contributed by atoms with Crippen LogP contribution in [0.25, 0.3) is 0 Å². The van der Waals surface area contributed by atoms with Crippen molar-refractivity contribution in [3.63, 3.8) is 0 Å². The molecule has 1 fully saturated rings. The molecular formula is C17H15N3O2. The molecule has 1 aromatic heterocycles. The number of morpholine rings is 1. The summed E-state index contributed by atoms with van der Waals surface area (Å²) in [6, 6.07) is 9.60. The summed E-state index contributed by atoms with van der Waals surface area (Å²) in [5, 5.41) is 0. The average Bonchev–Trinajstić information content (AvgIpc) is 2.61. The van der Waals surface area contributed by atoms with Gasteiger partial charge in [-0.15, -0.1) is 0 Å². The molecule has 1 aromatic carbocycles.